The number of hydrogen-bond acceptors (Lipinski definition) is 4. The molecule has 0 spiro atoms. The Morgan fingerprint density at radius 1 is 1.45 bits per heavy atom. The number of amides is 2. The van der Waals surface area contributed by atoms with Gasteiger partial charge in [-0.25, -0.2) is 4.79 Å². The molecule has 20 heavy (non-hydrogen) atoms. The van der Waals surface area contributed by atoms with Gasteiger partial charge in [0.1, 0.15) is 0 Å². The molecule has 0 saturated carbocycles. The normalized spacial score (nSPS) is 9.85. The van der Waals surface area contributed by atoms with Gasteiger partial charge in [-0.05, 0) is 30.2 Å². The molecule has 0 aliphatic rings. The number of hydrogen-bond donors (Lipinski definition) is 3. The minimum Gasteiger partial charge on any atom is -0.394 e. The minimum absolute atomic E-state index is 0.0305. The van der Waals surface area contributed by atoms with Crippen molar-refractivity contribution in [2.45, 2.75) is 13.3 Å². The number of urea groups is 1. The zero-order chi connectivity index (χ0) is 14.8. The molecule has 6 heteroatoms. The summed E-state index contributed by atoms with van der Waals surface area (Å²) in [6.07, 6.45) is 0.727. The number of aryl methyl sites for hydroxylation is 1. The molecule has 108 valence electrons. The highest BCUT2D eigenvalue weighted by molar-refractivity contribution is 5.90. The van der Waals surface area contributed by atoms with Gasteiger partial charge in [-0.15, -0.1) is 0 Å². The Bertz CT molecular complexity index is 483. The topological polar surface area (TPSA) is 94.4 Å². The second-order valence-corrected chi connectivity index (χ2v) is 4.05. The van der Waals surface area contributed by atoms with E-state index in [1.807, 2.05) is 6.92 Å². The number of nitrogens with one attached hydrogen (secondary N) is 2. The van der Waals surface area contributed by atoms with E-state index in [1.165, 1.54) is 0 Å². The molecule has 1 rings (SSSR count). The van der Waals surface area contributed by atoms with Crippen LogP contribution in [0.5, 0.6) is 0 Å². The molecule has 0 aromatic heterocycles. The van der Waals surface area contributed by atoms with Crippen molar-refractivity contribution in [3.05, 3.63) is 29.3 Å². The average molecular weight is 277 g/mol. The van der Waals surface area contributed by atoms with Crippen LogP contribution in [0.1, 0.15) is 18.1 Å². The third-order valence-electron chi connectivity index (χ3n) is 2.63. The summed E-state index contributed by atoms with van der Waals surface area (Å²) in [6.45, 7) is 2.91. The van der Waals surface area contributed by atoms with Crippen LogP contribution in [-0.4, -0.2) is 37.5 Å². The lowest BCUT2D eigenvalue weighted by molar-refractivity contribution is 0.0950. The van der Waals surface area contributed by atoms with Crippen LogP contribution in [0.2, 0.25) is 0 Å². The van der Waals surface area contributed by atoms with E-state index < -0.39 is 0 Å². The number of aliphatic hydroxyl groups excluding tert-OH is 1. The van der Waals surface area contributed by atoms with Crippen molar-refractivity contribution < 1.29 is 14.6 Å². The molecule has 0 radical (unpaired) electrons. The van der Waals surface area contributed by atoms with Crippen molar-refractivity contribution in [3.8, 4) is 6.07 Å². The Morgan fingerprint density at radius 3 is 2.90 bits per heavy atom. The van der Waals surface area contributed by atoms with E-state index in [0.717, 1.165) is 12.0 Å². The monoisotopic (exact) mass is 277 g/mol. The third-order valence-corrected chi connectivity index (χ3v) is 2.63. The van der Waals surface area contributed by atoms with Gasteiger partial charge in [0.15, 0.2) is 0 Å². The van der Waals surface area contributed by atoms with E-state index >= 15 is 0 Å². The highest BCUT2D eigenvalue weighted by atomic mass is 16.5. The molecule has 6 nitrogen and oxygen atoms in total. The van der Waals surface area contributed by atoms with E-state index in [-0.39, 0.29) is 19.2 Å². The van der Waals surface area contributed by atoms with Gasteiger partial charge >= 0.3 is 6.03 Å². The van der Waals surface area contributed by atoms with E-state index in [0.29, 0.717) is 24.4 Å². The number of anilines is 1. The van der Waals surface area contributed by atoms with Crippen LogP contribution < -0.4 is 10.6 Å². The first-order chi connectivity index (χ1) is 9.71. The zero-order valence-corrected chi connectivity index (χ0v) is 11.5. The lowest BCUT2D eigenvalue weighted by Crippen LogP contribution is -2.32. The minimum atomic E-state index is -0.322. The first-order valence-corrected chi connectivity index (χ1v) is 6.47. The second-order valence-electron chi connectivity index (χ2n) is 4.05. The fourth-order valence-electron chi connectivity index (χ4n) is 1.65. The highest BCUT2D eigenvalue weighted by Crippen LogP contribution is 2.17. The molecular formula is C14H19N3O3. The maximum Gasteiger partial charge on any atom is 0.319 e. The standard InChI is InChI=1S/C14H19N3O3/c1-2-12-9-11(10-15)3-4-13(12)17-14(19)16-5-7-20-8-6-18/h3-4,9,18H,2,5-8H2,1H3,(H2,16,17,19). The Balaban J connectivity index is 2.47. The molecule has 0 saturated heterocycles. The number of carbonyl (C=O) groups excluding carboxylic acids is 1. The highest BCUT2D eigenvalue weighted by Gasteiger charge is 2.06. The van der Waals surface area contributed by atoms with Crippen molar-refractivity contribution >= 4 is 11.7 Å². The summed E-state index contributed by atoms with van der Waals surface area (Å²) < 4.78 is 5.03. The number of nitrogens with zero attached hydrogens (tertiary/aromatic N) is 1. The van der Waals surface area contributed by atoms with Crippen LogP contribution in [0.25, 0.3) is 0 Å². The predicted molar refractivity (Wildman–Crippen MR) is 75.5 cm³/mol. The van der Waals surface area contributed by atoms with Gasteiger partial charge in [0.2, 0.25) is 0 Å². The zero-order valence-electron chi connectivity index (χ0n) is 11.5. The number of rotatable bonds is 7. The van der Waals surface area contributed by atoms with E-state index in [2.05, 4.69) is 16.7 Å². The molecule has 0 bridgehead atoms. The Labute approximate surface area is 118 Å². The second kappa shape index (κ2) is 8.91. The number of ether oxygens (including phenoxy) is 1. The van der Waals surface area contributed by atoms with E-state index in [9.17, 15) is 4.79 Å². The van der Waals surface area contributed by atoms with Gasteiger partial charge < -0.3 is 20.5 Å². The third kappa shape index (κ3) is 5.26. The van der Waals surface area contributed by atoms with Crippen LogP contribution >= 0.6 is 0 Å². The van der Waals surface area contributed by atoms with E-state index in [4.69, 9.17) is 15.1 Å². The van der Waals surface area contributed by atoms with Gasteiger partial charge in [-0.3, -0.25) is 0 Å². The van der Waals surface area contributed by atoms with E-state index in [1.54, 1.807) is 18.2 Å². The lowest BCUT2D eigenvalue weighted by atomic mass is 10.1. The molecule has 2 amide bonds. The van der Waals surface area contributed by atoms with Crippen molar-refractivity contribution in [2.24, 2.45) is 0 Å². The van der Waals surface area contributed by atoms with Crippen LogP contribution in [0, 0.1) is 11.3 Å². The molecule has 0 unspecified atom stereocenters. The van der Waals surface area contributed by atoms with Crippen molar-refractivity contribution in [2.75, 3.05) is 31.7 Å². The van der Waals surface area contributed by atoms with Crippen LogP contribution in [0.15, 0.2) is 18.2 Å². The van der Waals surface area contributed by atoms with Crippen LogP contribution in [0.3, 0.4) is 0 Å². The largest absolute Gasteiger partial charge is 0.394 e. The summed E-state index contributed by atoms with van der Waals surface area (Å²) in [7, 11) is 0. The van der Waals surface area contributed by atoms with Crippen molar-refractivity contribution in [3.63, 3.8) is 0 Å². The summed E-state index contributed by atoms with van der Waals surface area (Å²) in [6, 6.07) is 6.90. The molecule has 1 aromatic carbocycles. The van der Waals surface area contributed by atoms with Crippen LogP contribution in [-0.2, 0) is 11.2 Å². The summed E-state index contributed by atoms with van der Waals surface area (Å²) >= 11 is 0. The molecule has 0 fully saturated rings. The lowest BCUT2D eigenvalue weighted by Gasteiger charge is -2.11. The van der Waals surface area contributed by atoms with Gasteiger partial charge in [0.25, 0.3) is 0 Å². The maximum atomic E-state index is 11.7. The smallest absolute Gasteiger partial charge is 0.319 e. The first kappa shape index (κ1) is 16.0. The molecule has 0 heterocycles. The van der Waals surface area contributed by atoms with Crippen molar-refractivity contribution in [1.82, 2.24) is 5.32 Å². The molecular weight excluding hydrogens is 258 g/mol. The fourth-order valence-corrected chi connectivity index (χ4v) is 1.65. The van der Waals surface area contributed by atoms with Gasteiger partial charge in [-0.2, -0.15) is 5.26 Å². The van der Waals surface area contributed by atoms with Gasteiger partial charge in [0.05, 0.1) is 31.5 Å². The fraction of sp³-hybridized carbons (Fsp3) is 0.429. The number of aliphatic hydroxyl groups is 1. The predicted octanol–water partition coefficient (Wildman–Crippen LogP) is 1.25. The molecule has 0 atom stereocenters. The summed E-state index contributed by atoms with van der Waals surface area (Å²) in [5.41, 5.74) is 2.18. The average Bonchev–Trinajstić information content (AvgIpc) is 2.47. The number of carbonyl (C=O) groups is 1. The van der Waals surface area contributed by atoms with Crippen LogP contribution in [0.4, 0.5) is 10.5 Å². The quantitative estimate of drug-likeness (QED) is 0.654. The summed E-state index contributed by atoms with van der Waals surface area (Å²) in [5.74, 6) is 0. The Hall–Kier alpha value is -2.10. The maximum absolute atomic E-state index is 11.7. The first-order valence-electron chi connectivity index (χ1n) is 6.47. The summed E-state index contributed by atoms with van der Waals surface area (Å²) in [5, 5.41) is 22.7. The Morgan fingerprint density at radius 2 is 2.25 bits per heavy atom. The number of nitriles is 1. The van der Waals surface area contributed by atoms with Crippen molar-refractivity contribution in [1.29, 1.82) is 5.26 Å². The molecule has 3 N–H and O–H groups in total. The SMILES string of the molecule is CCc1cc(C#N)ccc1NC(=O)NCCOCCO. The Kier molecular flexibility index (Phi) is 7.11. The van der Waals surface area contributed by atoms with Gasteiger partial charge in [-0.1, -0.05) is 6.92 Å². The molecule has 1 aromatic rings. The number of benzene rings is 1. The van der Waals surface area contributed by atoms with Gasteiger partial charge in [0, 0.05) is 12.2 Å². The molecule has 0 aliphatic heterocycles. The molecule has 0 aliphatic carbocycles. The summed E-state index contributed by atoms with van der Waals surface area (Å²) in [4.78, 5) is 11.7.